The molecule has 0 amide bonds. The van der Waals surface area contributed by atoms with Gasteiger partial charge in [0.2, 0.25) is 0 Å². The van der Waals surface area contributed by atoms with Crippen LogP contribution >= 0.6 is 0 Å². The summed E-state index contributed by atoms with van der Waals surface area (Å²) in [6, 6.07) is 8.35. The zero-order valence-corrected chi connectivity index (χ0v) is 11.2. The van der Waals surface area contributed by atoms with Gasteiger partial charge in [-0.2, -0.15) is 0 Å². The Morgan fingerprint density at radius 2 is 1.83 bits per heavy atom. The third-order valence-corrected chi connectivity index (χ3v) is 2.89. The Balaban J connectivity index is 1.72. The highest BCUT2D eigenvalue weighted by atomic mass is 16.7. The van der Waals surface area contributed by atoms with Crippen molar-refractivity contribution in [3.63, 3.8) is 0 Å². The molecule has 0 radical (unpaired) electrons. The molecule has 1 aromatic rings. The number of hydrogen-bond acceptors (Lipinski definition) is 3. The maximum Gasteiger partial charge on any atom is 0.157 e. The van der Waals surface area contributed by atoms with Crippen molar-refractivity contribution >= 4 is 0 Å². The standard InChI is InChI=1S/C15H22O3/c1-12(2)18-14-8-6-13(7-9-14)4-3-5-15-16-10-11-17-15/h6-9,12,15H,3-5,10-11H2,1-2H3. The van der Waals surface area contributed by atoms with E-state index in [0.717, 1.165) is 38.2 Å². The predicted molar refractivity (Wildman–Crippen MR) is 70.8 cm³/mol. The van der Waals surface area contributed by atoms with E-state index in [2.05, 4.69) is 12.1 Å². The fourth-order valence-electron chi connectivity index (χ4n) is 2.05. The van der Waals surface area contributed by atoms with E-state index in [1.54, 1.807) is 0 Å². The molecule has 0 bridgehead atoms. The van der Waals surface area contributed by atoms with Crippen molar-refractivity contribution in [1.82, 2.24) is 0 Å². The van der Waals surface area contributed by atoms with Gasteiger partial charge in [0.05, 0.1) is 19.3 Å². The van der Waals surface area contributed by atoms with Gasteiger partial charge in [-0.05, 0) is 50.8 Å². The summed E-state index contributed by atoms with van der Waals surface area (Å²) in [6.07, 6.45) is 3.38. The monoisotopic (exact) mass is 250 g/mol. The van der Waals surface area contributed by atoms with Crippen LogP contribution in [-0.2, 0) is 15.9 Å². The lowest BCUT2D eigenvalue weighted by Crippen LogP contribution is -2.07. The normalized spacial score (nSPS) is 16.4. The smallest absolute Gasteiger partial charge is 0.157 e. The molecule has 1 aliphatic heterocycles. The Kier molecular flexibility index (Phi) is 5.02. The summed E-state index contributed by atoms with van der Waals surface area (Å²) >= 11 is 0. The average molecular weight is 250 g/mol. The predicted octanol–water partition coefficient (Wildman–Crippen LogP) is 3.17. The van der Waals surface area contributed by atoms with Crippen LogP contribution in [0.15, 0.2) is 24.3 Å². The Bertz CT molecular complexity index is 339. The molecule has 2 rings (SSSR count). The minimum absolute atomic E-state index is 0.0218. The zero-order valence-electron chi connectivity index (χ0n) is 11.2. The molecule has 0 spiro atoms. The van der Waals surface area contributed by atoms with Crippen LogP contribution in [-0.4, -0.2) is 25.6 Å². The number of hydrogen-bond donors (Lipinski definition) is 0. The molecule has 1 aromatic carbocycles. The zero-order chi connectivity index (χ0) is 12.8. The first kappa shape index (κ1) is 13.4. The first-order valence-corrected chi connectivity index (χ1v) is 6.73. The first-order chi connectivity index (χ1) is 8.74. The van der Waals surface area contributed by atoms with Gasteiger partial charge in [-0.25, -0.2) is 0 Å². The number of aryl methyl sites for hydroxylation is 1. The second-order valence-corrected chi connectivity index (χ2v) is 4.87. The van der Waals surface area contributed by atoms with Crippen LogP contribution in [0.25, 0.3) is 0 Å². The van der Waals surface area contributed by atoms with Gasteiger partial charge in [-0.1, -0.05) is 12.1 Å². The molecule has 0 saturated carbocycles. The van der Waals surface area contributed by atoms with Gasteiger partial charge >= 0.3 is 0 Å². The van der Waals surface area contributed by atoms with Crippen LogP contribution in [0.4, 0.5) is 0 Å². The Morgan fingerprint density at radius 1 is 1.17 bits per heavy atom. The lowest BCUT2D eigenvalue weighted by atomic mass is 10.1. The second-order valence-electron chi connectivity index (χ2n) is 4.87. The molecule has 18 heavy (non-hydrogen) atoms. The molecule has 1 fully saturated rings. The maximum absolute atomic E-state index is 5.61. The van der Waals surface area contributed by atoms with Crippen molar-refractivity contribution in [2.24, 2.45) is 0 Å². The molecule has 0 atom stereocenters. The highest BCUT2D eigenvalue weighted by molar-refractivity contribution is 5.27. The highest BCUT2D eigenvalue weighted by Crippen LogP contribution is 2.17. The van der Waals surface area contributed by atoms with E-state index in [4.69, 9.17) is 14.2 Å². The fraction of sp³-hybridized carbons (Fsp3) is 0.600. The van der Waals surface area contributed by atoms with Gasteiger partial charge in [0.15, 0.2) is 6.29 Å². The quantitative estimate of drug-likeness (QED) is 0.776. The Morgan fingerprint density at radius 3 is 2.44 bits per heavy atom. The number of rotatable bonds is 6. The Labute approximate surface area is 109 Å². The summed E-state index contributed by atoms with van der Waals surface area (Å²) in [7, 11) is 0. The topological polar surface area (TPSA) is 27.7 Å². The summed E-state index contributed by atoms with van der Waals surface area (Å²) in [5.41, 5.74) is 1.34. The molecule has 0 N–H and O–H groups in total. The summed E-state index contributed by atoms with van der Waals surface area (Å²) in [6.45, 7) is 5.56. The van der Waals surface area contributed by atoms with Crippen LogP contribution in [0.5, 0.6) is 5.75 Å². The third kappa shape index (κ3) is 4.31. The molecule has 1 saturated heterocycles. The van der Waals surface area contributed by atoms with Gasteiger partial charge < -0.3 is 14.2 Å². The average Bonchev–Trinajstić information content (AvgIpc) is 2.84. The summed E-state index contributed by atoms with van der Waals surface area (Å²) in [5, 5.41) is 0. The molecule has 100 valence electrons. The first-order valence-electron chi connectivity index (χ1n) is 6.73. The van der Waals surface area contributed by atoms with Crippen molar-refractivity contribution in [2.45, 2.75) is 45.5 Å². The molecular weight excluding hydrogens is 228 g/mol. The molecule has 0 unspecified atom stereocenters. The van der Waals surface area contributed by atoms with E-state index >= 15 is 0 Å². The van der Waals surface area contributed by atoms with Crippen LogP contribution < -0.4 is 4.74 Å². The van der Waals surface area contributed by atoms with E-state index < -0.39 is 0 Å². The van der Waals surface area contributed by atoms with Gasteiger partial charge in [0.1, 0.15) is 5.75 Å². The Hall–Kier alpha value is -1.06. The largest absolute Gasteiger partial charge is 0.491 e. The van der Waals surface area contributed by atoms with E-state index in [0.29, 0.717) is 0 Å². The van der Waals surface area contributed by atoms with Gasteiger partial charge in [0, 0.05) is 0 Å². The van der Waals surface area contributed by atoms with Crippen molar-refractivity contribution in [1.29, 1.82) is 0 Å². The van der Waals surface area contributed by atoms with Gasteiger partial charge in [-0.3, -0.25) is 0 Å². The summed E-state index contributed by atoms with van der Waals surface area (Å²) in [5.74, 6) is 0.941. The lowest BCUT2D eigenvalue weighted by molar-refractivity contribution is -0.0475. The van der Waals surface area contributed by atoms with Crippen molar-refractivity contribution in [3.05, 3.63) is 29.8 Å². The fourth-order valence-corrected chi connectivity index (χ4v) is 2.05. The third-order valence-electron chi connectivity index (χ3n) is 2.89. The van der Waals surface area contributed by atoms with Crippen LogP contribution in [0, 0.1) is 0 Å². The molecule has 1 aliphatic rings. The number of ether oxygens (including phenoxy) is 3. The molecule has 3 nitrogen and oxygen atoms in total. The van der Waals surface area contributed by atoms with Crippen molar-refractivity contribution in [2.75, 3.05) is 13.2 Å². The van der Waals surface area contributed by atoms with Crippen molar-refractivity contribution in [3.8, 4) is 5.75 Å². The molecule has 0 aliphatic carbocycles. The lowest BCUT2D eigenvalue weighted by Gasteiger charge is -2.11. The highest BCUT2D eigenvalue weighted by Gasteiger charge is 2.14. The van der Waals surface area contributed by atoms with Crippen LogP contribution in [0.3, 0.4) is 0 Å². The SMILES string of the molecule is CC(C)Oc1ccc(CCCC2OCCO2)cc1. The van der Waals surface area contributed by atoms with Gasteiger partial charge in [0.25, 0.3) is 0 Å². The van der Waals surface area contributed by atoms with E-state index in [1.807, 2.05) is 26.0 Å². The van der Waals surface area contributed by atoms with Crippen LogP contribution in [0.2, 0.25) is 0 Å². The maximum atomic E-state index is 5.61. The molecule has 1 heterocycles. The summed E-state index contributed by atoms with van der Waals surface area (Å²) in [4.78, 5) is 0. The minimum atomic E-state index is 0.0218. The molecule has 0 aromatic heterocycles. The molecular formula is C15H22O3. The van der Waals surface area contributed by atoms with E-state index in [9.17, 15) is 0 Å². The minimum Gasteiger partial charge on any atom is -0.491 e. The van der Waals surface area contributed by atoms with Crippen LogP contribution in [0.1, 0.15) is 32.3 Å². The summed E-state index contributed by atoms with van der Waals surface area (Å²) < 4.78 is 16.4. The van der Waals surface area contributed by atoms with Gasteiger partial charge in [-0.15, -0.1) is 0 Å². The second kappa shape index (κ2) is 6.76. The number of benzene rings is 1. The van der Waals surface area contributed by atoms with E-state index in [1.165, 1.54) is 5.56 Å². The van der Waals surface area contributed by atoms with Crippen molar-refractivity contribution < 1.29 is 14.2 Å². The van der Waals surface area contributed by atoms with E-state index in [-0.39, 0.29) is 12.4 Å². The molecule has 3 heteroatoms.